The SMILES string of the molecule is Cc1cccc(C(N)CCN2CCC(C(C)O)CC2)c1. The fraction of sp³-hybridized carbons (Fsp3) is 0.647. The van der Waals surface area contributed by atoms with E-state index >= 15 is 0 Å². The van der Waals surface area contributed by atoms with Gasteiger partial charge in [0.25, 0.3) is 0 Å². The Hall–Kier alpha value is -0.900. The summed E-state index contributed by atoms with van der Waals surface area (Å²) in [5, 5.41) is 9.62. The molecule has 1 saturated heterocycles. The number of rotatable bonds is 5. The molecule has 1 fully saturated rings. The van der Waals surface area contributed by atoms with Crippen LogP contribution in [0.15, 0.2) is 24.3 Å². The predicted octanol–water partition coefficient (Wildman–Crippen LogP) is 2.48. The Kier molecular flexibility index (Phi) is 5.58. The quantitative estimate of drug-likeness (QED) is 0.868. The lowest BCUT2D eigenvalue weighted by molar-refractivity contribution is 0.0709. The van der Waals surface area contributed by atoms with Gasteiger partial charge in [0, 0.05) is 6.04 Å². The zero-order valence-corrected chi connectivity index (χ0v) is 12.8. The van der Waals surface area contributed by atoms with E-state index in [2.05, 4.69) is 36.1 Å². The summed E-state index contributed by atoms with van der Waals surface area (Å²) >= 11 is 0. The van der Waals surface area contributed by atoms with Gasteiger partial charge in [-0.1, -0.05) is 29.8 Å². The molecule has 3 N–H and O–H groups in total. The molecular weight excluding hydrogens is 248 g/mol. The van der Waals surface area contributed by atoms with Crippen LogP contribution in [0, 0.1) is 12.8 Å². The van der Waals surface area contributed by atoms with E-state index in [0.717, 1.165) is 38.9 Å². The highest BCUT2D eigenvalue weighted by atomic mass is 16.3. The van der Waals surface area contributed by atoms with Crippen molar-refractivity contribution >= 4 is 0 Å². The molecule has 112 valence electrons. The number of piperidine rings is 1. The standard InChI is InChI=1S/C17H28N2O/c1-13-4-3-5-16(12-13)17(18)8-11-19-9-6-15(7-10-19)14(2)20/h3-5,12,14-15,17,20H,6-11,18H2,1-2H3. The van der Waals surface area contributed by atoms with Crippen LogP contribution in [0.1, 0.15) is 43.4 Å². The van der Waals surface area contributed by atoms with Crippen LogP contribution in [0.5, 0.6) is 0 Å². The maximum atomic E-state index is 9.62. The fourth-order valence-corrected chi connectivity index (χ4v) is 3.05. The third-order valence-electron chi connectivity index (χ3n) is 4.54. The van der Waals surface area contributed by atoms with Gasteiger partial charge in [-0.05, 0) is 64.2 Å². The van der Waals surface area contributed by atoms with Crippen molar-refractivity contribution < 1.29 is 5.11 Å². The summed E-state index contributed by atoms with van der Waals surface area (Å²) in [6.45, 7) is 7.26. The van der Waals surface area contributed by atoms with Gasteiger partial charge in [-0.25, -0.2) is 0 Å². The van der Waals surface area contributed by atoms with Crippen LogP contribution in [-0.4, -0.2) is 35.7 Å². The number of hydrogen-bond acceptors (Lipinski definition) is 3. The van der Waals surface area contributed by atoms with Crippen molar-refractivity contribution in [2.45, 2.75) is 45.3 Å². The second-order valence-electron chi connectivity index (χ2n) is 6.23. The molecule has 1 heterocycles. The fourth-order valence-electron chi connectivity index (χ4n) is 3.05. The third kappa shape index (κ3) is 4.30. The first-order valence-electron chi connectivity index (χ1n) is 7.79. The number of likely N-dealkylation sites (tertiary alicyclic amines) is 1. The van der Waals surface area contributed by atoms with Gasteiger partial charge in [0.2, 0.25) is 0 Å². The van der Waals surface area contributed by atoms with Crippen LogP contribution in [0.4, 0.5) is 0 Å². The molecule has 1 aliphatic rings. The summed E-state index contributed by atoms with van der Waals surface area (Å²) in [5.74, 6) is 0.483. The first-order chi connectivity index (χ1) is 9.56. The van der Waals surface area contributed by atoms with Crippen molar-refractivity contribution in [2.24, 2.45) is 11.7 Å². The van der Waals surface area contributed by atoms with Crippen molar-refractivity contribution in [1.29, 1.82) is 0 Å². The predicted molar refractivity (Wildman–Crippen MR) is 83.6 cm³/mol. The minimum Gasteiger partial charge on any atom is -0.393 e. The molecule has 2 unspecified atom stereocenters. The molecular formula is C17H28N2O. The van der Waals surface area contributed by atoms with Crippen molar-refractivity contribution in [3.63, 3.8) is 0 Å². The van der Waals surface area contributed by atoms with Gasteiger partial charge in [0.1, 0.15) is 0 Å². The molecule has 0 bridgehead atoms. The molecule has 0 aromatic heterocycles. The van der Waals surface area contributed by atoms with Crippen LogP contribution in [0.3, 0.4) is 0 Å². The number of aliphatic hydroxyl groups is 1. The lowest BCUT2D eigenvalue weighted by atomic mass is 9.92. The summed E-state index contributed by atoms with van der Waals surface area (Å²) < 4.78 is 0. The Bertz CT molecular complexity index is 411. The van der Waals surface area contributed by atoms with Crippen molar-refractivity contribution in [1.82, 2.24) is 4.90 Å². The van der Waals surface area contributed by atoms with Gasteiger partial charge in [0.15, 0.2) is 0 Å². The van der Waals surface area contributed by atoms with Gasteiger partial charge in [-0.15, -0.1) is 0 Å². The normalized spacial score (nSPS) is 20.8. The van der Waals surface area contributed by atoms with E-state index in [1.54, 1.807) is 0 Å². The summed E-state index contributed by atoms with van der Waals surface area (Å²) in [4.78, 5) is 2.48. The molecule has 20 heavy (non-hydrogen) atoms. The molecule has 1 aliphatic heterocycles. The molecule has 3 nitrogen and oxygen atoms in total. The molecule has 0 amide bonds. The Morgan fingerprint density at radius 2 is 2.05 bits per heavy atom. The maximum absolute atomic E-state index is 9.62. The number of hydrogen-bond donors (Lipinski definition) is 2. The van der Waals surface area contributed by atoms with Crippen LogP contribution in [0.25, 0.3) is 0 Å². The molecule has 1 aromatic rings. The van der Waals surface area contributed by atoms with E-state index in [1.807, 2.05) is 6.92 Å². The summed E-state index contributed by atoms with van der Waals surface area (Å²) in [6.07, 6.45) is 3.06. The minimum absolute atomic E-state index is 0.129. The van der Waals surface area contributed by atoms with Crippen molar-refractivity contribution in [3.05, 3.63) is 35.4 Å². The number of benzene rings is 1. The Morgan fingerprint density at radius 3 is 2.65 bits per heavy atom. The van der Waals surface area contributed by atoms with E-state index in [9.17, 15) is 5.11 Å². The molecule has 1 aromatic carbocycles. The van der Waals surface area contributed by atoms with Crippen LogP contribution in [-0.2, 0) is 0 Å². The molecule has 2 rings (SSSR count). The highest BCUT2D eigenvalue weighted by Crippen LogP contribution is 2.22. The maximum Gasteiger partial charge on any atom is 0.0541 e. The molecule has 0 spiro atoms. The first kappa shape index (κ1) is 15.5. The number of nitrogens with two attached hydrogens (primary N) is 1. The Labute approximate surface area is 122 Å². The van der Waals surface area contributed by atoms with Gasteiger partial charge in [-0.2, -0.15) is 0 Å². The second-order valence-corrected chi connectivity index (χ2v) is 6.23. The lowest BCUT2D eigenvalue weighted by Gasteiger charge is -2.33. The molecule has 3 heteroatoms. The average Bonchev–Trinajstić information content (AvgIpc) is 2.45. The molecule has 0 radical (unpaired) electrons. The highest BCUT2D eigenvalue weighted by molar-refractivity contribution is 5.24. The highest BCUT2D eigenvalue weighted by Gasteiger charge is 2.22. The van der Waals surface area contributed by atoms with E-state index in [0.29, 0.717) is 5.92 Å². The lowest BCUT2D eigenvalue weighted by Crippen LogP contribution is -2.38. The van der Waals surface area contributed by atoms with Gasteiger partial charge in [-0.3, -0.25) is 0 Å². The first-order valence-corrected chi connectivity index (χ1v) is 7.79. The number of nitrogens with zero attached hydrogens (tertiary/aromatic N) is 1. The van der Waals surface area contributed by atoms with Crippen molar-refractivity contribution in [2.75, 3.05) is 19.6 Å². The number of aliphatic hydroxyl groups excluding tert-OH is 1. The van der Waals surface area contributed by atoms with Gasteiger partial charge >= 0.3 is 0 Å². The zero-order chi connectivity index (χ0) is 14.5. The summed E-state index contributed by atoms with van der Waals surface area (Å²) in [5.41, 5.74) is 8.80. The number of aryl methyl sites for hydroxylation is 1. The van der Waals surface area contributed by atoms with Gasteiger partial charge < -0.3 is 15.7 Å². The van der Waals surface area contributed by atoms with Crippen LogP contribution >= 0.6 is 0 Å². The van der Waals surface area contributed by atoms with E-state index in [4.69, 9.17) is 5.73 Å². The summed E-state index contributed by atoms with van der Waals surface area (Å²) in [6, 6.07) is 8.63. The van der Waals surface area contributed by atoms with E-state index in [1.165, 1.54) is 11.1 Å². The zero-order valence-electron chi connectivity index (χ0n) is 12.8. The van der Waals surface area contributed by atoms with E-state index < -0.39 is 0 Å². The second kappa shape index (κ2) is 7.21. The largest absolute Gasteiger partial charge is 0.393 e. The third-order valence-corrected chi connectivity index (χ3v) is 4.54. The summed E-state index contributed by atoms with van der Waals surface area (Å²) in [7, 11) is 0. The van der Waals surface area contributed by atoms with Crippen LogP contribution < -0.4 is 5.73 Å². The molecule has 0 saturated carbocycles. The molecule has 2 atom stereocenters. The Balaban J connectivity index is 1.76. The Morgan fingerprint density at radius 1 is 1.35 bits per heavy atom. The van der Waals surface area contributed by atoms with Crippen molar-refractivity contribution in [3.8, 4) is 0 Å². The van der Waals surface area contributed by atoms with E-state index in [-0.39, 0.29) is 12.1 Å². The minimum atomic E-state index is -0.160. The monoisotopic (exact) mass is 276 g/mol. The topological polar surface area (TPSA) is 49.5 Å². The van der Waals surface area contributed by atoms with Gasteiger partial charge in [0.05, 0.1) is 6.10 Å². The van der Waals surface area contributed by atoms with Crippen LogP contribution in [0.2, 0.25) is 0 Å². The molecule has 0 aliphatic carbocycles. The average molecular weight is 276 g/mol. The smallest absolute Gasteiger partial charge is 0.0541 e.